The van der Waals surface area contributed by atoms with Gasteiger partial charge >= 0.3 is 5.97 Å². The van der Waals surface area contributed by atoms with E-state index in [1.165, 1.54) is 5.56 Å². The number of aliphatic carboxylic acids is 1. The topological polar surface area (TPSA) is 49.8 Å². The van der Waals surface area contributed by atoms with Crippen LogP contribution in [0.3, 0.4) is 0 Å². The average molecular weight is 397 g/mol. The molecule has 0 spiro atoms. The first-order chi connectivity index (χ1) is 14.7. The molecule has 4 nitrogen and oxygen atoms in total. The largest absolute Gasteiger partial charge is 0.481 e. The normalized spacial score (nSPS) is 31.5. The van der Waals surface area contributed by atoms with E-state index < -0.39 is 17.0 Å². The van der Waals surface area contributed by atoms with E-state index >= 15 is 0 Å². The van der Waals surface area contributed by atoms with Gasteiger partial charge < -0.3 is 9.84 Å². The lowest BCUT2D eigenvalue weighted by Gasteiger charge is -2.43. The molecule has 2 bridgehead atoms. The van der Waals surface area contributed by atoms with E-state index in [0.29, 0.717) is 6.54 Å². The molecular weight excluding hydrogens is 374 g/mol. The molecular formula is C26H23NO3. The molecule has 6 rings (SSSR count). The molecule has 4 atom stereocenters. The number of ether oxygens (including phenoxy) is 1. The Morgan fingerprint density at radius 3 is 2.37 bits per heavy atom. The van der Waals surface area contributed by atoms with Gasteiger partial charge in [0.25, 0.3) is 0 Å². The maximum atomic E-state index is 13.1. The molecule has 3 heterocycles. The van der Waals surface area contributed by atoms with Crippen molar-refractivity contribution in [1.29, 1.82) is 0 Å². The van der Waals surface area contributed by atoms with E-state index in [1.54, 1.807) is 0 Å². The summed E-state index contributed by atoms with van der Waals surface area (Å²) in [5, 5.41) is 10.7. The highest BCUT2D eigenvalue weighted by atomic mass is 16.5. The van der Waals surface area contributed by atoms with Gasteiger partial charge in [0.1, 0.15) is 11.0 Å². The standard InChI is InChI=1S/C26H23NO3/c28-24(29)25-17-27(15-18-9-3-1-4-10-18)16-22(25)23-20-13-7-8-14-21(20)26(25,30-23)19-11-5-2-6-12-19/h1-14,22-23H,15-17H2,(H,28,29)/t22-,23+,25-,26-/m0/s1. The Labute approximate surface area is 175 Å². The second-order valence-corrected chi connectivity index (χ2v) is 8.71. The van der Waals surface area contributed by atoms with Gasteiger partial charge in [0.2, 0.25) is 0 Å². The van der Waals surface area contributed by atoms with Crippen molar-refractivity contribution in [3.63, 3.8) is 0 Å². The number of benzene rings is 3. The van der Waals surface area contributed by atoms with Crippen molar-refractivity contribution in [3.05, 3.63) is 107 Å². The summed E-state index contributed by atoms with van der Waals surface area (Å²) in [6, 6.07) is 28.4. The fraction of sp³-hybridized carbons (Fsp3) is 0.269. The molecule has 1 N–H and O–H groups in total. The predicted octanol–water partition coefficient (Wildman–Crippen LogP) is 4.22. The van der Waals surface area contributed by atoms with Crippen LogP contribution in [0, 0.1) is 11.3 Å². The van der Waals surface area contributed by atoms with Crippen molar-refractivity contribution in [2.24, 2.45) is 11.3 Å². The summed E-state index contributed by atoms with van der Waals surface area (Å²) in [6.45, 7) is 1.94. The van der Waals surface area contributed by atoms with Crippen molar-refractivity contribution in [1.82, 2.24) is 4.90 Å². The van der Waals surface area contributed by atoms with Gasteiger partial charge in [-0.1, -0.05) is 84.9 Å². The number of fused-ring (bicyclic) bond motifs is 8. The number of nitrogens with zero attached hydrogens (tertiary/aromatic N) is 1. The number of hydrogen-bond acceptors (Lipinski definition) is 3. The van der Waals surface area contributed by atoms with E-state index in [4.69, 9.17) is 4.74 Å². The molecule has 4 heteroatoms. The molecule has 3 aliphatic rings. The summed E-state index contributed by atoms with van der Waals surface area (Å²) < 4.78 is 6.74. The smallest absolute Gasteiger partial charge is 0.315 e. The monoisotopic (exact) mass is 397 g/mol. The van der Waals surface area contributed by atoms with E-state index in [1.807, 2.05) is 60.7 Å². The summed E-state index contributed by atoms with van der Waals surface area (Å²) in [5.74, 6) is -0.849. The average Bonchev–Trinajstić information content (AvgIpc) is 3.41. The molecule has 0 radical (unpaired) electrons. The SMILES string of the molecule is O=C(O)[C@]12CN(Cc3ccccc3)C[C@H]1[C@@H]1O[C@@]2(c2ccccc2)c2ccccc21. The summed E-state index contributed by atoms with van der Waals surface area (Å²) in [6.07, 6.45) is -0.196. The maximum Gasteiger partial charge on any atom is 0.315 e. The second kappa shape index (κ2) is 6.27. The Balaban J connectivity index is 1.52. The van der Waals surface area contributed by atoms with Crippen LogP contribution < -0.4 is 0 Å². The Morgan fingerprint density at radius 2 is 1.63 bits per heavy atom. The number of likely N-dealkylation sites (tertiary alicyclic amines) is 1. The third-order valence-corrected chi connectivity index (χ3v) is 7.32. The Kier molecular flexibility index (Phi) is 3.74. The van der Waals surface area contributed by atoms with E-state index in [0.717, 1.165) is 29.8 Å². The van der Waals surface area contributed by atoms with Crippen molar-refractivity contribution in [3.8, 4) is 0 Å². The minimum Gasteiger partial charge on any atom is -0.481 e. The van der Waals surface area contributed by atoms with Crippen LogP contribution in [0.5, 0.6) is 0 Å². The second-order valence-electron chi connectivity index (χ2n) is 8.71. The number of hydrogen-bond donors (Lipinski definition) is 1. The van der Waals surface area contributed by atoms with Gasteiger partial charge in [-0.2, -0.15) is 0 Å². The zero-order chi connectivity index (χ0) is 20.3. The van der Waals surface area contributed by atoms with Crippen LogP contribution in [-0.4, -0.2) is 29.1 Å². The molecule has 3 aromatic carbocycles. The van der Waals surface area contributed by atoms with Gasteiger partial charge in [-0.25, -0.2) is 0 Å². The highest BCUT2D eigenvalue weighted by molar-refractivity contribution is 5.82. The summed E-state index contributed by atoms with van der Waals surface area (Å²) >= 11 is 0. The van der Waals surface area contributed by atoms with Crippen molar-refractivity contribution >= 4 is 5.97 Å². The molecule has 3 aromatic rings. The Morgan fingerprint density at radius 1 is 0.967 bits per heavy atom. The van der Waals surface area contributed by atoms with Crippen LogP contribution >= 0.6 is 0 Å². The minimum atomic E-state index is -1.01. The lowest BCUT2D eigenvalue weighted by molar-refractivity contribution is -0.159. The molecule has 0 aromatic heterocycles. The van der Waals surface area contributed by atoms with Crippen molar-refractivity contribution < 1.29 is 14.6 Å². The van der Waals surface area contributed by atoms with E-state index in [2.05, 4.69) is 29.2 Å². The number of rotatable bonds is 4. The first kappa shape index (κ1) is 17.9. The third-order valence-electron chi connectivity index (χ3n) is 7.32. The van der Waals surface area contributed by atoms with Gasteiger partial charge in [-0.3, -0.25) is 9.69 Å². The first-order valence-corrected chi connectivity index (χ1v) is 10.5. The van der Waals surface area contributed by atoms with Crippen LogP contribution in [0.15, 0.2) is 84.9 Å². The Bertz CT molecular complexity index is 1120. The number of carboxylic acid groups (broad SMARTS) is 1. The molecule has 150 valence electrons. The fourth-order valence-electron chi connectivity index (χ4n) is 6.22. The van der Waals surface area contributed by atoms with Crippen LogP contribution in [0.25, 0.3) is 0 Å². The maximum absolute atomic E-state index is 13.1. The number of carbonyl (C=O) groups is 1. The highest BCUT2D eigenvalue weighted by Gasteiger charge is 2.77. The van der Waals surface area contributed by atoms with Crippen LogP contribution in [0.4, 0.5) is 0 Å². The highest BCUT2D eigenvalue weighted by Crippen LogP contribution is 2.71. The van der Waals surface area contributed by atoms with Crippen LogP contribution in [0.1, 0.15) is 28.4 Å². The molecule has 2 saturated heterocycles. The third kappa shape index (κ3) is 2.10. The predicted molar refractivity (Wildman–Crippen MR) is 113 cm³/mol. The summed E-state index contributed by atoms with van der Waals surface area (Å²) in [4.78, 5) is 15.4. The molecule has 0 unspecified atom stereocenters. The quantitative estimate of drug-likeness (QED) is 0.716. The van der Waals surface area contributed by atoms with Crippen LogP contribution in [-0.2, 0) is 21.7 Å². The zero-order valence-electron chi connectivity index (χ0n) is 16.6. The van der Waals surface area contributed by atoms with E-state index in [9.17, 15) is 9.90 Å². The number of carboxylic acids is 1. The lowest BCUT2D eigenvalue weighted by atomic mass is 9.57. The fourth-order valence-corrected chi connectivity index (χ4v) is 6.22. The minimum absolute atomic E-state index is 0.0891. The Hall–Kier alpha value is -2.95. The van der Waals surface area contributed by atoms with Crippen molar-refractivity contribution in [2.45, 2.75) is 18.2 Å². The zero-order valence-corrected chi connectivity index (χ0v) is 16.6. The molecule has 2 fully saturated rings. The molecule has 0 amide bonds. The van der Waals surface area contributed by atoms with E-state index in [-0.39, 0.29) is 12.0 Å². The van der Waals surface area contributed by atoms with Gasteiger partial charge in [0, 0.05) is 25.6 Å². The van der Waals surface area contributed by atoms with Gasteiger partial charge in [-0.15, -0.1) is 0 Å². The lowest BCUT2D eigenvalue weighted by Crippen LogP contribution is -2.54. The molecule has 30 heavy (non-hydrogen) atoms. The summed E-state index contributed by atoms with van der Waals surface area (Å²) in [5.41, 5.74) is 2.33. The summed E-state index contributed by atoms with van der Waals surface area (Å²) in [7, 11) is 0. The van der Waals surface area contributed by atoms with Gasteiger partial charge in [0.05, 0.1) is 6.10 Å². The molecule has 0 saturated carbocycles. The van der Waals surface area contributed by atoms with Gasteiger partial charge in [0.15, 0.2) is 0 Å². The van der Waals surface area contributed by atoms with Crippen LogP contribution in [0.2, 0.25) is 0 Å². The van der Waals surface area contributed by atoms with Gasteiger partial charge in [-0.05, 0) is 22.3 Å². The molecule has 3 aliphatic heterocycles. The van der Waals surface area contributed by atoms with Crippen molar-refractivity contribution in [2.75, 3.05) is 13.1 Å². The molecule has 0 aliphatic carbocycles. The first-order valence-electron chi connectivity index (χ1n) is 10.5.